The average Bonchev–Trinajstić information content (AvgIpc) is 3.04. The summed E-state index contributed by atoms with van der Waals surface area (Å²) in [5.74, 6) is 0. The van der Waals surface area contributed by atoms with Gasteiger partial charge in [0.05, 0.1) is 5.69 Å². The lowest BCUT2D eigenvalue weighted by Crippen LogP contribution is -2.26. The quantitative estimate of drug-likeness (QED) is 0.131. The zero-order chi connectivity index (χ0) is 28.7. The van der Waals surface area contributed by atoms with Gasteiger partial charge in [0.2, 0.25) is 0 Å². The molecule has 0 aliphatic heterocycles. The zero-order valence-electron chi connectivity index (χ0n) is 23.9. The summed E-state index contributed by atoms with van der Waals surface area (Å²) >= 11 is 0. The second-order valence-corrected chi connectivity index (χ2v) is 14.5. The number of para-hydroxylation sites is 1. The third-order valence-corrected chi connectivity index (χ3v) is 12.7. The SMILES string of the molecule is Cc1ccccc1P(c1ccccc1C)c1ccccc1C=Nc1ccccc1P(c1ccccc1)c1ccccc1. The molecule has 0 aliphatic rings. The van der Waals surface area contributed by atoms with E-state index in [0.717, 1.165) is 11.3 Å². The van der Waals surface area contributed by atoms with Crippen molar-refractivity contribution in [2.75, 3.05) is 0 Å². The molecule has 6 aromatic rings. The molecule has 0 atom stereocenters. The van der Waals surface area contributed by atoms with Gasteiger partial charge in [0.25, 0.3) is 0 Å². The molecule has 0 heterocycles. The van der Waals surface area contributed by atoms with Crippen LogP contribution in [0.15, 0.2) is 163 Å². The standard InChI is InChI=1S/C39H33NP2/c1-30-17-9-13-25-36(30)42(37-26-14-10-18-31(37)2)38-27-15-11-19-32(38)29-40-35-24-12-16-28-39(35)41(33-20-5-3-6-21-33)34-22-7-4-8-23-34/h3-29H,1-2H3. The molecule has 0 amide bonds. The number of aliphatic imine (C=N–C) groups is 1. The molecule has 0 N–H and O–H groups in total. The van der Waals surface area contributed by atoms with Gasteiger partial charge in [0.1, 0.15) is 0 Å². The highest BCUT2D eigenvalue weighted by molar-refractivity contribution is 7.80. The Morgan fingerprint density at radius 3 is 1.38 bits per heavy atom. The molecule has 0 aromatic heterocycles. The minimum absolute atomic E-state index is 0.758. The molecular formula is C39H33NP2. The summed E-state index contributed by atoms with van der Waals surface area (Å²) in [7, 11) is -1.53. The maximum Gasteiger partial charge on any atom is 0.0713 e. The molecule has 42 heavy (non-hydrogen) atoms. The van der Waals surface area contributed by atoms with E-state index in [9.17, 15) is 0 Å². The first-order chi connectivity index (χ1) is 20.7. The van der Waals surface area contributed by atoms with E-state index in [-0.39, 0.29) is 0 Å². The van der Waals surface area contributed by atoms with Crippen molar-refractivity contribution in [1.29, 1.82) is 0 Å². The second-order valence-electron chi connectivity index (χ2n) is 10.2. The van der Waals surface area contributed by atoms with Crippen molar-refractivity contribution in [2.45, 2.75) is 13.8 Å². The Kier molecular flexibility index (Phi) is 8.81. The number of aryl methyl sites for hydroxylation is 2. The Morgan fingerprint density at radius 2 is 0.833 bits per heavy atom. The minimum atomic E-state index is -0.768. The van der Waals surface area contributed by atoms with E-state index in [0.29, 0.717) is 0 Å². The van der Waals surface area contributed by atoms with Crippen LogP contribution < -0.4 is 31.8 Å². The molecule has 0 bridgehead atoms. The van der Waals surface area contributed by atoms with Crippen LogP contribution in [0.25, 0.3) is 0 Å². The monoisotopic (exact) mass is 577 g/mol. The molecule has 204 valence electrons. The molecule has 0 spiro atoms. The molecular weight excluding hydrogens is 544 g/mol. The molecule has 3 heteroatoms. The first kappa shape index (κ1) is 28.0. The molecule has 0 radical (unpaired) electrons. The van der Waals surface area contributed by atoms with E-state index in [1.165, 1.54) is 43.0 Å². The Morgan fingerprint density at radius 1 is 0.405 bits per heavy atom. The number of rotatable bonds is 8. The molecule has 6 aromatic carbocycles. The van der Waals surface area contributed by atoms with Gasteiger partial charge in [-0.15, -0.1) is 0 Å². The maximum atomic E-state index is 5.23. The first-order valence-electron chi connectivity index (χ1n) is 14.2. The lowest BCUT2D eigenvalue weighted by molar-refractivity contribution is 1.50. The predicted octanol–water partition coefficient (Wildman–Crippen LogP) is 7.57. The van der Waals surface area contributed by atoms with Crippen LogP contribution in [0.5, 0.6) is 0 Å². The Balaban J connectivity index is 1.47. The maximum absolute atomic E-state index is 5.23. The van der Waals surface area contributed by atoms with Crippen molar-refractivity contribution in [1.82, 2.24) is 0 Å². The third-order valence-electron chi connectivity index (χ3n) is 7.38. The van der Waals surface area contributed by atoms with Gasteiger partial charge in [-0.25, -0.2) is 0 Å². The average molecular weight is 578 g/mol. The molecule has 0 saturated heterocycles. The van der Waals surface area contributed by atoms with Crippen molar-refractivity contribution in [3.63, 3.8) is 0 Å². The van der Waals surface area contributed by atoms with Crippen LogP contribution in [-0.2, 0) is 0 Å². The van der Waals surface area contributed by atoms with Gasteiger partial charge in [-0.2, -0.15) is 0 Å². The fourth-order valence-electron chi connectivity index (χ4n) is 5.30. The number of benzene rings is 6. The fraction of sp³-hybridized carbons (Fsp3) is 0.0513. The summed E-state index contributed by atoms with van der Waals surface area (Å²) in [5, 5.41) is 8.01. The highest BCUT2D eigenvalue weighted by Crippen LogP contribution is 2.38. The van der Waals surface area contributed by atoms with Crippen LogP contribution in [0.2, 0.25) is 0 Å². The summed E-state index contributed by atoms with van der Waals surface area (Å²) in [6, 6.07) is 56.7. The largest absolute Gasteiger partial charge is 0.256 e. The van der Waals surface area contributed by atoms with Gasteiger partial charge in [0, 0.05) is 17.1 Å². The summed E-state index contributed by atoms with van der Waals surface area (Å²) in [6.45, 7) is 4.46. The van der Waals surface area contributed by atoms with Gasteiger partial charge in [0.15, 0.2) is 0 Å². The van der Waals surface area contributed by atoms with Crippen molar-refractivity contribution in [3.8, 4) is 0 Å². The molecule has 0 unspecified atom stereocenters. The van der Waals surface area contributed by atoms with E-state index >= 15 is 0 Å². The van der Waals surface area contributed by atoms with Crippen LogP contribution in [-0.4, -0.2) is 6.21 Å². The topological polar surface area (TPSA) is 12.4 Å². The molecule has 6 rings (SSSR count). The number of hydrogen-bond donors (Lipinski definition) is 0. The van der Waals surface area contributed by atoms with Crippen molar-refractivity contribution < 1.29 is 0 Å². The van der Waals surface area contributed by atoms with Crippen LogP contribution in [0.1, 0.15) is 16.7 Å². The van der Waals surface area contributed by atoms with Crippen molar-refractivity contribution >= 4 is 59.6 Å². The van der Waals surface area contributed by atoms with E-state index in [4.69, 9.17) is 4.99 Å². The summed E-state index contributed by atoms with van der Waals surface area (Å²) in [6.07, 6.45) is 2.09. The number of hydrogen-bond acceptors (Lipinski definition) is 1. The van der Waals surface area contributed by atoms with Crippen LogP contribution >= 0.6 is 15.8 Å². The van der Waals surface area contributed by atoms with Crippen molar-refractivity contribution in [2.24, 2.45) is 4.99 Å². The minimum Gasteiger partial charge on any atom is -0.256 e. The predicted molar refractivity (Wildman–Crippen MR) is 187 cm³/mol. The highest BCUT2D eigenvalue weighted by atomic mass is 31.1. The van der Waals surface area contributed by atoms with Gasteiger partial charge in [-0.1, -0.05) is 152 Å². The molecule has 0 saturated carbocycles. The van der Waals surface area contributed by atoms with E-state index < -0.39 is 15.8 Å². The van der Waals surface area contributed by atoms with Gasteiger partial charge < -0.3 is 0 Å². The lowest BCUT2D eigenvalue weighted by Gasteiger charge is -2.24. The van der Waals surface area contributed by atoms with Gasteiger partial charge >= 0.3 is 0 Å². The van der Waals surface area contributed by atoms with Crippen molar-refractivity contribution in [3.05, 3.63) is 174 Å². The van der Waals surface area contributed by atoms with Gasteiger partial charge in [-0.05, 0) is 73.4 Å². The Hall–Kier alpha value is -4.15. The zero-order valence-corrected chi connectivity index (χ0v) is 25.7. The fourth-order valence-corrected chi connectivity index (χ4v) is 10.4. The summed E-state index contributed by atoms with van der Waals surface area (Å²) in [4.78, 5) is 5.23. The molecule has 0 aliphatic carbocycles. The normalized spacial score (nSPS) is 11.4. The summed E-state index contributed by atoms with van der Waals surface area (Å²) < 4.78 is 0. The Labute approximate surface area is 252 Å². The third kappa shape index (κ3) is 6.05. The van der Waals surface area contributed by atoms with E-state index in [1.807, 2.05) is 0 Å². The lowest BCUT2D eigenvalue weighted by atomic mass is 10.2. The first-order valence-corrected chi connectivity index (χ1v) is 16.9. The van der Waals surface area contributed by atoms with Crippen LogP contribution in [0, 0.1) is 13.8 Å². The van der Waals surface area contributed by atoms with Crippen LogP contribution in [0.4, 0.5) is 5.69 Å². The number of nitrogens with zero attached hydrogens (tertiary/aromatic N) is 1. The summed E-state index contributed by atoms with van der Waals surface area (Å²) in [5.41, 5.74) is 4.82. The van der Waals surface area contributed by atoms with E-state index in [1.54, 1.807) is 0 Å². The van der Waals surface area contributed by atoms with E-state index in [2.05, 4.69) is 178 Å². The molecule has 1 nitrogen and oxygen atoms in total. The van der Waals surface area contributed by atoms with Crippen LogP contribution in [0.3, 0.4) is 0 Å². The molecule has 0 fully saturated rings. The van der Waals surface area contributed by atoms with Gasteiger partial charge in [-0.3, -0.25) is 4.99 Å². The highest BCUT2D eigenvalue weighted by Gasteiger charge is 2.22. The Bertz CT molecular complexity index is 1730. The smallest absolute Gasteiger partial charge is 0.0713 e. The second kappa shape index (κ2) is 13.2.